The number of hydrogen-bond donors (Lipinski definition) is 0. The molecule has 0 aromatic carbocycles. The van der Waals surface area contributed by atoms with Gasteiger partial charge in [0.1, 0.15) is 0 Å². The van der Waals surface area contributed by atoms with Gasteiger partial charge in [-0.15, -0.1) is 0 Å². The van der Waals surface area contributed by atoms with Gasteiger partial charge in [0, 0.05) is 82.0 Å². The molecule has 18 valence electrons. The van der Waals surface area contributed by atoms with Crippen molar-refractivity contribution in [2.24, 2.45) is 0 Å². The van der Waals surface area contributed by atoms with Gasteiger partial charge in [0.2, 0.25) is 0 Å². The zero-order valence-corrected chi connectivity index (χ0v) is 16.5. The van der Waals surface area contributed by atoms with Crippen LogP contribution in [-0.4, -0.2) is 83.2 Å². The van der Waals surface area contributed by atoms with Gasteiger partial charge >= 0.3 is 83.2 Å². The van der Waals surface area contributed by atoms with Gasteiger partial charge in [-0.1, -0.05) is 0 Å². The molecule has 0 radical (unpaired) electrons. The predicted molar refractivity (Wildman–Crippen MR) is 16.0 cm³/mol. The Balaban J connectivity index is 0. The zero-order chi connectivity index (χ0) is 0. The Morgan fingerprint density at radius 1 is 1.20 bits per heavy atom. The van der Waals surface area contributed by atoms with Gasteiger partial charge in [0.25, 0.3) is 0 Å². The second-order valence-corrected chi connectivity index (χ2v) is 0. The molecule has 0 unspecified atom stereocenters. The van der Waals surface area contributed by atoms with Crippen molar-refractivity contribution in [3.8, 4) is 0 Å². The van der Waals surface area contributed by atoms with E-state index in [1.54, 1.807) is 0 Å². The molecule has 0 aromatic heterocycles. The van der Waals surface area contributed by atoms with Crippen molar-refractivity contribution < 1.29 is 87.7 Å². The molecule has 5 heteroatoms. The Morgan fingerprint density at radius 2 is 1.20 bits per heavy atom. The van der Waals surface area contributed by atoms with Gasteiger partial charge < -0.3 is 5.71 Å². The monoisotopic (exact) mass is 386 g/mol. The first kappa shape index (κ1) is 31.5. The smallest absolute Gasteiger partial charge is 1.00 e. The van der Waals surface area contributed by atoms with Crippen molar-refractivity contribution in [3.63, 3.8) is 0 Å². The summed E-state index contributed by atoms with van der Waals surface area (Å²) in [6, 6.07) is 0. The molecule has 0 aliphatic carbocycles. The summed E-state index contributed by atoms with van der Waals surface area (Å²) < 4.78 is 0. The molecule has 0 atom stereocenters. The van der Waals surface area contributed by atoms with Crippen LogP contribution < -0.4 is 0 Å². The van der Waals surface area contributed by atoms with Gasteiger partial charge in [-0.25, -0.2) is 0 Å². The predicted octanol–water partition coefficient (Wildman–Crippen LogP) is -0.317. The fraction of sp³-hybridized carbons (Fsp3) is 0. The minimum absolute atomic E-state index is 0. The van der Waals surface area contributed by atoms with E-state index in [2.05, 4.69) is 0 Å². The standard InChI is InChI=1S/Ca.Nd.Sr.Ti.Zn.4H/q+2;;+2;;;4*-1. The summed E-state index contributed by atoms with van der Waals surface area (Å²) in [5.74, 6) is 0. The van der Waals surface area contributed by atoms with E-state index in [-0.39, 0.29) is 171 Å². The van der Waals surface area contributed by atoms with Crippen LogP contribution in [0.4, 0.5) is 0 Å². The van der Waals surface area contributed by atoms with Crippen LogP contribution in [0.15, 0.2) is 0 Å². The first-order chi connectivity index (χ1) is 0. The summed E-state index contributed by atoms with van der Waals surface area (Å²) in [4.78, 5) is 0. The SMILES string of the molecule is [Ca+2].[H-].[H-].[H-].[H-].[Nd].[Sr+2].[Ti].[Zn]. The number of rotatable bonds is 0. The van der Waals surface area contributed by atoms with Crippen LogP contribution in [0.3, 0.4) is 0 Å². The van der Waals surface area contributed by atoms with E-state index in [0.29, 0.717) is 0 Å². The third kappa shape index (κ3) is 17.7. The molecule has 0 saturated carbocycles. The molecule has 0 amide bonds. The number of hydrogen-bond acceptors (Lipinski definition) is 0. The third-order valence-corrected chi connectivity index (χ3v) is 0. The molecule has 0 fully saturated rings. The zero-order valence-electron chi connectivity index (χ0n) is 7.12. The largest absolute Gasteiger partial charge is 2.00 e. The minimum Gasteiger partial charge on any atom is -1.00 e. The molecule has 0 spiro atoms. The molecule has 0 aromatic rings. The fourth-order valence-electron chi connectivity index (χ4n) is 0. The Bertz CT molecular complexity index is 20.5. The van der Waals surface area contributed by atoms with Crippen molar-refractivity contribution >= 4 is 83.2 Å². The van der Waals surface area contributed by atoms with E-state index in [1.165, 1.54) is 0 Å². The normalized spacial score (nSPS) is 0. The fourth-order valence-corrected chi connectivity index (χ4v) is 0. The summed E-state index contributed by atoms with van der Waals surface area (Å²) >= 11 is 0. The van der Waals surface area contributed by atoms with Gasteiger partial charge in [-0.05, 0) is 0 Å². The van der Waals surface area contributed by atoms with E-state index in [4.69, 9.17) is 0 Å². The molecular formula is H4CaNdSrTiZn. The van der Waals surface area contributed by atoms with Crippen LogP contribution in [0.1, 0.15) is 5.71 Å². The van der Waals surface area contributed by atoms with Crippen molar-refractivity contribution in [1.82, 2.24) is 0 Å². The maximum atomic E-state index is 0. The molecule has 0 saturated heterocycles. The van der Waals surface area contributed by atoms with Gasteiger partial charge in [-0.2, -0.15) is 0 Å². The topological polar surface area (TPSA) is 0 Å². The average molecular weight is 389 g/mol. The Labute approximate surface area is 166 Å². The van der Waals surface area contributed by atoms with E-state index in [0.717, 1.165) is 0 Å². The Morgan fingerprint density at radius 3 is 1.20 bits per heavy atom. The molecule has 0 nitrogen and oxygen atoms in total. The molecule has 0 bridgehead atoms. The van der Waals surface area contributed by atoms with Crippen molar-refractivity contribution in [2.45, 2.75) is 0 Å². The van der Waals surface area contributed by atoms with Crippen LogP contribution >= 0.6 is 0 Å². The second kappa shape index (κ2) is 22.7. The van der Waals surface area contributed by atoms with E-state index < -0.39 is 0 Å². The quantitative estimate of drug-likeness (QED) is 0.499. The van der Waals surface area contributed by atoms with Crippen LogP contribution in [0.25, 0.3) is 0 Å². The van der Waals surface area contributed by atoms with Crippen molar-refractivity contribution in [3.05, 3.63) is 0 Å². The van der Waals surface area contributed by atoms with Gasteiger partial charge in [0.15, 0.2) is 0 Å². The van der Waals surface area contributed by atoms with Crippen molar-refractivity contribution in [1.29, 1.82) is 0 Å². The molecular weight excluding hydrogens is 385 g/mol. The maximum Gasteiger partial charge on any atom is 2.00 e. The Kier molecular flexibility index (Phi) is 143. The average Bonchev–Trinajstić information content (AvgIpc) is 0. The van der Waals surface area contributed by atoms with Crippen LogP contribution in [0.2, 0.25) is 0 Å². The Hall–Kier alpha value is 5.43. The molecule has 0 rings (SSSR count). The maximum absolute atomic E-state index is 0. The van der Waals surface area contributed by atoms with Gasteiger partial charge in [0.05, 0.1) is 0 Å². The van der Waals surface area contributed by atoms with E-state index in [9.17, 15) is 0 Å². The summed E-state index contributed by atoms with van der Waals surface area (Å²) in [6.45, 7) is 0. The van der Waals surface area contributed by atoms with Crippen LogP contribution in [-0.2, 0) is 41.2 Å². The molecule has 0 heterocycles. The first-order valence-corrected chi connectivity index (χ1v) is 0. The van der Waals surface area contributed by atoms with Gasteiger partial charge in [-0.3, -0.25) is 0 Å². The first-order valence-electron chi connectivity index (χ1n) is 0. The summed E-state index contributed by atoms with van der Waals surface area (Å²) in [6.07, 6.45) is 0. The van der Waals surface area contributed by atoms with Crippen LogP contribution in [0, 0.1) is 40.8 Å². The van der Waals surface area contributed by atoms with Crippen LogP contribution in [0.5, 0.6) is 0 Å². The molecule has 5 heavy (non-hydrogen) atoms. The third-order valence-electron chi connectivity index (χ3n) is 0. The minimum atomic E-state index is 0. The van der Waals surface area contributed by atoms with E-state index >= 15 is 0 Å². The van der Waals surface area contributed by atoms with Crippen molar-refractivity contribution in [2.75, 3.05) is 0 Å². The molecule has 0 aliphatic heterocycles. The molecule has 0 N–H and O–H groups in total. The summed E-state index contributed by atoms with van der Waals surface area (Å²) in [5.41, 5.74) is 0. The summed E-state index contributed by atoms with van der Waals surface area (Å²) in [7, 11) is 0. The van der Waals surface area contributed by atoms with E-state index in [1.807, 2.05) is 0 Å². The second-order valence-electron chi connectivity index (χ2n) is 0. The summed E-state index contributed by atoms with van der Waals surface area (Å²) in [5, 5.41) is 0. The molecule has 0 aliphatic rings.